The molecule has 1 saturated heterocycles. The Bertz CT molecular complexity index is 418. The van der Waals surface area contributed by atoms with Crippen LogP contribution in [0.3, 0.4) is 0 Å². The molecule has 0 aromatic carbocycles. The number of hydrogen-bond acceptors (Lipinski definition) is 5. The van der Waals surface area contributed by atoms with Gasteiger partial charge in [0.05, 0.1) is 0 Å². The van der Waals surface area contributed by atoms with Gasteiger partial charge in [-0.25, -0.2) is 9.97 Å². The summed E-state index contributed by atoms with van der Waals surface area (Å²) in [5.74, 6) is 3.76. The van der Waals surface area contributed by atoms with Crippen molar-refractivity contribution < 1.29 is 0 Å². The zero-order valence-electron chi connectivity index (χ0n) is 12.4. The Morgan fingerprint density at radius 2 is 2.11 bits per heavy atom. The number of anilines is 2. The zero-order chi connectivity index (χ0) is 13.8. The van der Waals surface area contributed by atoms with E-state index >= 15 is 0 Å². The number of hydrogen-bond donors (Lipinski definition) is 2. The number of nitrogens with zero attached hydrogens (tertiary/aromatic N) is 3. The smallest absolute Gasteiger partial charge is 0.135 e. The summed E-state index contributed by atoms with van der Waals surface area (Å²) in [7, 11) is 4.07. The highest BCUT2D eigenvalue weighted by molar-refractivity contribution is 5.47. The molecule has 0 amide bonds. The predicted octanol–water partition coefficient (Wildman–Crippen LogP) is 2.01. The van der Waals surface area contributed by atoms with Crippen LogP contribution in [-0.4, -0.2) is 48.6 Å². The van der Waals surface area contributed by atoms with E-state index in [-0.39, 0.29) is 0 Å². The molecule has 2 heterocycles. The number of aromatic nitrogens is 2. The lowest BCUT2D eigenvalue weighted by molar-refractivity contribution is 0.399. The van der Waals surface area contributed by atoms with Gasteiger partial charge in [0.1, 0.15) is 17.5 Å². The first-order chi connectivity index (χ1) is 9.08. The summed E-state index contributed by atoms with van der Waals surface area (Å²) < 4.78 is 0. The minimum absolute atomic E-state index is 0.339. The zero-order valence-corrected chi connectivity index (χ0v) is 12.4. The second-order valence-corrected chi connectivity index (χ2v) is 5.70. The van der Waals surface area contributed by atoms with Crippen molar-refractivity contribution in [3.05, 3.63) is 11.9 Å². The van der Waals surface area contributed by atoms with Gasteiger partial charge in [0.15, 0.2) is 0 Å². The minimum atomic E-state index is 0.339. The fourth-order valence-corrected chi connectivity index (χ4v) is 2.38. The van der Waals surface area contributed by atoms with E-state index in [2.05, 4.69) is 46.4 Å². The van der Waals surface area contributed by atoms with Crippen LogP contribution in [0.25, 0.3) is 0 Å². The first kappa shape index (κ1) is 14.1. The lowest BCUT2D eigenvalue weighted by atomic mass is 10.1. The van der Waals surface area contributed by atoms with E-state index in [4.69, 9.17) is 0 Å². The van der Waals surface area contributed by atoms with Crippen LogP contribution in [0.4, 0.5) is 11.6 Å². The highest BCUT2D eigenvalue weighted by Crippen LogP contribution is 2.19. The lowest BCUT2D eigenvalue weighted by Gasteiger charge is -2.14. The number of nitrogens with one attached hydrogen (secondary N) is 2. The average molecular weight is 263 g/mol. The van der Waals surface area contributed by atoms with Gasteiger partial charge in [-0.05, 0) is 25.9 Å². The summed E-state index contributed by atoms with van der Waals surface area (Å²) in [5.41, 5.74) is 0. The molecule has 0 aliphatic carbocycles. The van der Waals surface area contributed by atoms with Crippen molar-refractivity contribution >= 4 is 11.6 Å². The van der Waals surface area contributed by atoms with Crippen LogP contribution in [0.15, 0.2) is 6.07 Å². The van der Waals surface area contributed by atoms with Crippen molar-refractivity contribution in [2.45, 2.75) is 26.2 Å². The first-order valence-corrected chi connectivity index (χ1v) is 7.07. The minimum Gasteiger partial charge on any atom is -0.373 e. The topological polar surface area (TPSA) is 53.1 Å². The molecule has 0 saturated carbocycles. The molecule has 5 nitrogen and oxygen atoms in total. The van der Waals surface area contributed by atoms with Gasteiger partial charge in [-0.1, -0.05) is 13.8 Å². The molecular formula is C14H25N5. The van der Waals surface area contributed by atoms with Crippen LogP contribution in [0.2, 0.25) is 0 Å². The first-order valence-electron chi connectivity index (χ1n) is 7.07. The van der Waals surface area contributed by atoms with E-state index in [0.717, 1.165) is 29.9 Å². The lowest BCUT2D eigenvalue weighted by Crippen LogP contribution is -2.20. The van der Waals surface area contributed by atoms with Crippen molar-refractivity contribution in [3.8, 4) is 0 Å². The molecule has 0 radical (unpaired) electrons. The van der Waals surface area contributed by atoms with Gasteiger partial charge in [-0.2, -0.15) is 0 Å². The van der Waals surface area contributed by atoms with Crippen LogP contribution >= 0.6 is 0 Å². The van der Waals surface area contributed by atoms with Gasteiger partial charge >= 0.3 is 0 Å². The maximum Gasteiger partial charge on any atom is 0.135 e. The molecule has 1 atom stereocenters. The van der Waals surface area contributed by atoms with E-state index in [1.54, 1.807) is 0 Å². The van der Waals surface area contributed by atoms with Crippen molar-refractivity contribution in [1.29, 1.82) is 0 Å². The SMILES string of the molecule is CNc1cc(NCC2CCN(C)C2)nc(C(C)C)n1. The molecule has 2 rings (SSSR count). The summed E-state index contributed by atoms with van der Waals surface area (Å²) in [6, 6.07) is 1.98. The maximum absolute atomic E-state index is 4.59. The Labute approximate surface area is 115 Å². The molecule has 1 fully saturated rings. The van der Waals surface area contributed by atoms with Gasteiger partial charge < -0.3 is 15.5 Å². The highest BCUT2D eigenvalue weighted by Gasteiger charge is 2.19. The Kier molecular flexibility index (Phi) is 4.58. The van der Waals surface area contributed by atoms with Crippen molar-refractivity contribution in [2.75, 3.05) is 44.4 Å². The fraction of sp³-hybridized carbons (Fsp3) is 0.714. The summed E-state index contributed by atoms with van der Waals surface area (Å²) >= 11 is 0. The van der Waals surface area contributed by atoms with E-state index < -0.39 is 0 Å². The van der Waals surface area contributed by atoms with Gasteiger partial charge in [0.2, 0.25) is 0 Å². The van der Waals surface area contributed by atoms with Gasteiger partial charge in [0.25, 0.3) is 0 Å². The van der Waals surface area contributed by atoms with E-state index in [9.17, 15) is 0 Å². The number of rotatable bonds is 5. The van der Waals surface area contributed by atoms with Gasteiger partial charge in [-0.15, -0.1) is 0 Å². The third-order valence-electron chi connectivity index (χ3n) is 3.58. The normalized spacial score (nSPS) is 19.9. The van der Waals surface area contributed by atoms with Crippen molar-refractivity contribution in [2.24, 2.45) is 5.92 Å². The largest absolute Gasteiger partial charge is 0.373 e. The molecular weight excluding hydrogens is 238 g/mol. The van der Waals surface area contributed by atoms with E-state index in [1.807, 2.05) is 13.1 Å². The fourth-order valence-electron chi connectivity index (χ4n) is 2.38. The average Bonchev–Trinajstić information content (AvgIpc) is 2.81. The maximum atomic E-state index is 4.59. The quantitative estimate of drug-likeness (QED) is 0.851. The van der Waals surface area contributed by atoms with Crippen LogP contribution in [-0.2, 0) is 0 Å². The van der Waals surface area contributed by atoms with Crippen molar-refractivity contribution in [3.63, 3.8) is 0 Å². The number of likely N-dealkylation sites (tertiary alicyclic amines) is 1. The molecule has 1 aliphatic heterocycles. The summed E-state index contributed by atoms with van der Waals surface area (Å²) in [6.07, 6.45) is 1.27. The summed E-state index contributed by atoms with van der Waals surface area (Å²) in [4.78, 5) is 11.4. The van der Waals surface area contributed by atoms with E-state index in [0.29, 0.717) is 5.92 Å². The Morgan fingerprint density at radius 1 is 1.37 bits per heavy atom. The molecule has 5 heteroatoms. The molecule has 1 aromatic rings. The van der Waals surface area contributed by atoms with E-state index in [1.165, 1.54) is 19.5 Å². The molecule has 19 heavy (non-hydrogen) atoms. The standard InChI is InChI=1S/C14H25N5/c1-10(2)14-17-12(15-3)7-13(18-14)16-8-11-5-6-19(4)9-11/h7,10-11H,5-6,8-9H2,1-4H3,(H2,15,16,17,18). The molecule has 1 aromatic heterocycles. The van der Waals surface area contributed by atoms with Crippen LogP contribution in [0.5, 0.6) is 0 Å². The molecule has 0 bridgehead atoms. The van der Waals surface area contributed by atoms with Crippen LogP contribution in [0, 0.1) is 5.92 Å². The highest BCUT2D eigenvalue weighted by atomic mass is 15.1. The Hall–Kier alpha value is -1.36. The monoisotopic (exact) mass is 263 g/mol. The van der Waals surface area contributed by atoms with Crippen LogP contribution < -0.4 is 10.6 Å². The molecule has 2 N–H and O–H groups in total. The third-order valence-corrected chi connectivity index (χ3v) is 3.58. The molecule has 106 valence electrons. The van der Waals surface area contributed by atoms with Gasteiger partial charge in [0, 0.05) is 32.1 Å². The summed E-state index contributed by atoms with van der Waals surface area (Å²) in [6.45, 7) is 7.60. The predicted molar refractivity (Wildman–Crippen MR) is 79.8 cm³/mol. The second-order valence-electron chi connectivity index (χ2n) is 5.70. The van der Waals surface area contributed by atoms with Gasteiger partial charge in [-0.3, -0.25) is 0 Å². The molecule has 1 unspecified atom stereocenters. The van der Waals surface area contributed by atoms with Crippen molar-refractivity contribution in [1.82, 2.24) is 14.9 Å². The van der Waals surface area contributed by atoms with Crippen LogP contribution in [0.1, 0.15) is 32.0 Å². The molecule has 0 spiro atoms. The third kappa shape index (κ3) is 3.80. The Morgan fingerprint density at radius 3 is 2.68 bits per heavy atom. The second kappa shape index (κ2) is 6.19. The molecule has 1 aliphatic rings. The summed E-state index contributed by atoms with van der Waals surface area (Å²) in [5, 5.41) is 6.56. The Balaban J connectivity index is 2.00.